The lowest BCUT2D eigenvalue weighted by atomic mass is 9.95. The molecule has 0 atom stereocenters. The molecule has 0 aromatic heterocycles. The number of likely N-dealkylation sites (tertiary alicyclic amines) is 1. The third-order valence-electron chi connectivity index (χ3n) is 4.82. The zero-order valence-electron chi connectivity index (χ0n) is 13.9. The molecule has 0 aliphatic carbocycles. The molecular formula is C18H26N2O2S. The number of rotatable bonds is 4. The van der Waals surface area contributed by atoms with Gasteiger partial charge in [0.25, 0.3) is 0 Å². The summed E-state index contributed by atoms with van der Waals surface area (Å²) in [6.07, 6.45) is 2.00. The summed E-state index contributed by atoms with van der Waals surface area (Å²) >= 11 is 1.96. The van der Waals surface area contributed by atoms with Gasteiger partial charge in [0.05, 0.1) is 7.11 Å². The Kier molecular flexibility index (Phi) is 5.84. The van der Waals surface area contributed by atoms with E-state index in [1.807, 2.05) is 23.9 Å². The fourth-order valence-electron chi connectivity index (χ4n) is 3.37. The smallest absolute Gasteiger partial charge is 0.225 e. The molecule has 2 aliphatic heterocycles. The Hall–Kier alpha value is -1.20. The molecule has 4 nitrogen and oxygen atoms in total. The van der Waals surface area contributed by atoms with Crippen LogP contribution in [0.3, 0.4) is 0 Å². The number of carbonyl (C=O) groups excluding carboxylic acids is 1. The van der Waals surface area contributed by atoms with Crippen molar-refractivity contribution in [1.29, 1.82) is 0 Å². The standard InChI is InChI=1S/C18H26N2O2S/c1-22-17-4-2-15(3-5-17)14-19-8-6-16(7-9-19)18(21)20-10-12-23-13-11-20/h2-5,16H,6-14H2,1H3. The average Bonchev–Trinajstić information content (AvgIpc) is 2.63. The molecule has 1 aromatic rings. The molecule has 2 saturated heterocycles. The van der Waals surface area contributed by atoms with Crippen LogP contribution in [0.1, 0.15) is 18.4 Å². The number of piperidine rings is 1. The summed E-state index contributed by atoms with van der Waals surface area (Å²) in [5, 5.41) is 0. The Balaban J connectivity index is 1.46. The summed E-state index contributed by atoms with van der Waals surface area (Å²) < 4.78 is 5.20. The van der Waals surface area contributed by atoms with E-state index in [1.165, 1.54) is 5.56 Å². The average molecular weight is 334 g/mol. The number of ether oxygens (including phenoxy) is 1. The number of nitrogens with zero attached hydrogens (tertiary/aromatic N) is 2. The fourth-order valence-corrected chi connectivity index (χ4v) is 4.27. The summed E-state index contributed by atoms with van der Waals surface area (Å²) in [6.45, 7) is 4.88. The van der Waals surface area contributed by atoms with Gasteiger partial charge in [0.15, 0.2) is 0 Å². The second-order valence-electron chi connectivity index (χ2n) is 6.34. The Morgan fingerprint density at radius 1 is 1.13 bits per heavy atom. The highest BCUT2D eigenvalue weighted by Gasteiger charge is 2.29. The minimum atomic E-state index is 0.241. The quantitative estimate of drug-likeness (QED) is 0.847. The summed E-state index contributed by atoms with van der Waals surface area (Å²) in [5.41, 5.74) is 1.31. The van der Waals surface area contributed by atoms with Crippen molar-refractivity contribution in [3.63, 3.8) is 0 Å². The Bertz CT molecular complexity index is 506. The van der Waals surface area contributed by atoms with Crippen LogP contribution in [-0.2, 0) is 11.3 Å². The first kappa shape index (κ1) is 16.7. The zero-order chi connectivity index (χ0) is 16.1. The van der Waals surface area contributed by atoms with E-state index in [9.17, 15) is 4.79 Å². The van der Waals surface area contributed by atoms with Crippen molar-refractivity contribution in [1.82, 2.24) is 9.80 Å². The van der Waals surface area contributed by atoms with E-state index in [-0.39, 0.29) is 5.92 Å². The van der Waals surface area contributed by atoms with Gasteiger partial charge in [-0.05, 0) is 43.6 Å². The van der Waals surface area contributed by atoms with Crippen molar-refractivity contribution in [2.75, 3.05) is 44.8 Å². The first-order valence-electron chi connectivity index (χ1n) is 8.48. The SMILES string of the molecule is COc1ccc(CN2CCC(C(=O)N3CCSCC3)CC2)cc1. The van der Waals surface area contributed by atoms with Crippen molar-refractivity contribution in [3.8, 4) is 5.75 Å². The normalized spacial score (nSPS) is 20.5. The Morgan fingerprint density at radius 2 is 1.78 bits per heavy atom. The molecule has 2 heterocycles. The molecule has 0 N–H and O–H groups in total. The van der Waals surface area contributed by atoms with Gasteiger partial charge in [0.1, 0.15) is 5.75 Å². The highest BCUT2D eigenvalue weighted by atomic mass is 32.2. The number of benzene rings is 1. The molecule has 0 unspecified atom stereocenters. The minimum Gasteiger partial charge on any atom is -0.497 e. The predicted octanol–water partition coefficient (Wildman–Crippen LogP) is 2.48. The molecule has 0 bridgehead atoms. The number of thioether (sulfide) groups is 1. The van der Waals surface area contributed by atoms with Crippen LogP contribution in [0, 0.1) is 5.92 Å². The molecule has 1 amide bonds. The lowest BCUT2D eigenvalue weighted by Crippen LogP contribution is -2.45. The summed E-state index contributed by atoms with van der Waals surface area (Å²) in [5.74, 6) is 3.74. The van der Waals surface area contributed by atoms with Gasteiger partial charge in [0.2, 0.25) is 5.91 Å². The zero-order valence-corrected chi connectivity index (χ0v) is 14.7. The van der Waals surface area contributed by atoms with Crippen LogP contribution in [0.15, 0.2) is 24.3 Å². The van der Waals surface area contributed by atoms with Gasteiger partial charge < -0.3 is 9.64 Å². The van der Waals surface area contributed by atoms with Crippen molar-refractivity contribution in [2.45, 2.75) is 19.4 Å². The third kappa shape index (κ3) is 4.42. The maximum absolute atomic E-state index is 12.6. The number of amides is 1. The molecule has 0 saturated carbocycles. The van der Waals surface area contributed by atoms with E-state index < -0.39 is 0 Å². The van der Waals surface area contributed by atoms with E-state index in [4.69, 9.17) is 4.74 Å². The lowest BCUT2D eigenvalue weighted by molar-refractivity contribution is -0.136. The molecule has 3 rings (SSSR count). The van der Waals surface area contributed by atoms with E-state index >= 15 is 0 Å². The maximum Gasteiger partial charge on any atom is 0.225 e. The van der Waals surface area contributed by atoms with E-state index in [0.29, 0.717) is 5.91 Å². The van der Waals surface area contributed by atoms with Crippen LogP contribution >= 0.6 is 11.8 Å². The predicted molar refractivity (Wildman–Crippen MR) is 94.9 cm³/mol. The first-order valence-corrected chi connectivity index (χ1v) is 9.63. The molecule has 2 fully saturated rings. The van der Waals surface area contributed by atoms with Crippen molar-refractivity contribution in [2.24, 2.45) is 5.92 Å². The van der Waals surface area contributed by atoms with Gasteiger partial charge in [0, 0.05) is 37.1 Å². The monoisotopic (exact) mass is 334 g/mol. The third-order valence-corrected chi connectivity index (χ3v) is 5.77. The van der Waals surface area contributed by atoms with Gasteiger partial charge in [-0.2, -0.15) is 11.8 Å². The topological polar surface area (TPSA) is 32.8 Å². The summed E-state index contributed by atoms with van der Waals surface area (Å²) in [6, 6.07) is 8.28. The van der Waals surface area contributed by atoms with E-state index in [2.05, 4.69) is 21.9 Å². The highest BCUT2D eigenvalue weighted by Crippen LogP contribution is 2.23. The van der Waals surface area contributed by atoms with Crippen LogP contribution in [-0.4, -0.2) is 60.5 Å². The largest absolute Gasteiger partial charge is 0.497 e. The van der Waals surface area contributed by atoms with E-state index in [1.54, 1.807) is 7.11 Å². The second-order valence-corrected chi connectivity index (χ2v) is 7.56. The molecule has 1 aromatic carbocycles. The number of carbonyl (C=O) groups is 1. The van der Waals surface area contributed by atoms with Crippen LogP contribution in [0.5, 0.6) is 5.75 Å². The van der Waals surface area contributed by atoms with Crippen LogP contribution in [0.25, 0.3) is 0 Å². The van der Waals surface area contributed by atoms with Gasteiger partial charge in [-0.3, -0.25) is 9.69 Å². The van der Waals surface area contributed by atoms with Crippen LogP contribution in [0.4, 0.5) is 0 Å². The van der Waals surface area contributed by atoms with Crippen molar-refractivity contribution in [3.05, 3.63) is 29.8 Å². The maximum atomic E-state index is 12.6. The number of hydrogen-bond donors (Lipinski definition) is 0. The van der Waals surface area contributed by atoms with Gasteiger partial charge in [-0.15, -0.1) is 0 Å². The lowest BCUT2D eigenvalue weighted by Gasteiger charge is -2.35. The Morgan fingerprint density at radius 3 is 2.39 bits per heavy atom. The second kappa shape index (κ2) is 8.06. The van der Waals surface area contributed by atoms with Crippen LogP contribution in [0.2, 0.25) is 0 Å². The molecule has 126 valence electrons. The molecule has 0 spiro atoms. The van der Waals surface area contributed by atoms with Gasteiger partial charge >= 0.3 is 0 Å². The van der Waals surface area contributed by atoms with Gasteiger partial charge in [-0.25, -0.2) is 0 Å². The Labute approximate surface area is 143 Å². The molecule has 0 radical (unpaired) electrons. The molecule has 2 aliphatic rings. The molecular weight excluding hydrogens is 308 g/mol. The van der Waals surface area contributed by atoms with E-state index in [0.717, 1.165) is 62.8 Å². The number of hydrogen-bond acceptors (Lipinski definition) is 4. The van der Waals surface area contributed by atoms with Crippen molar-refractivity contribution < 1.29 is 9.53 Å². The highest BCUT2D eigenvalue weighted by molar-refractivity contribution is 7.99. The number of methoxy groups -OCH3 is 1. The van der Waals surface area contributed by atoms with Gasteiger partial charge in [-0.1, -0.05) is 12.1 Å². The first-order chi connectivity index (χ1) is 11.3. The summed E-state index contributed by atoms with van der Waals surface area (Å²) in [4.78, 5) is 17.1. The summed E-state index contributed by atoms with van der Waals surface area (Å²) in [7, 11) is 1.69. The molecule has 23 heavy (non-hydrogen) atoms. The van der Waals surface area contributed by atoms with Crippen LogP contribution < -0.4 is 4.74 Å². The minimum absolute atomic E-state index is 0.241. The molecule has 5 heteroatoms. The van der Waals surface area contributed by atoms with Crippen molar-refractivity contribution >= 4 is 17.7 Å². The fraction of sp³-hybridized carbons (Fsp3) is 0.611.